The van der Waals surface area contributed by atoms with Crippen LogP contribution in [0.25, 0.3) is 0 Å². The molecule has 30 heavy (non-hydrogen) atoms. The molecule has 1 aromatic carbocycles. The van der Waals surface area contributed by atoms with Crippen molar-refractivity contribution in [2.45, 2.75) is 38.5 Å². The van der Waals surface area contributed by atoms with Crippen LogP contribution in [0.2, 0.25) is 0 Å². The molecule has 2 N–H and O–H groups in total. The number of nitrogens with one attached hydrogen (secondary N) is 2. The molecule has 1 aliphatic rings. The van der Waals surface area contributed by atoms with E-state index in [0.717, 1.165) is 12.4 Å². The highest BCUT2D eigenvalue weighted by molar-refractivity contribution is 5.80. The molecule has 0 spiro atoms. The average Bonchev–Trinajstić information content (AvgIpc) is 3.31. The van der Waals surface area contributed by atoms with Crippen LogP contribution in [0.5, 0.6) is 0 Å². The van der Waals surface area contributed by atoms with Gasteiger partial charge in [-0.3, -0.25) is 9.89 Å². The standard InChI is InChI=1S/C21H29F3N6/c1-2-25-20(28-18-9-12-29(15-18)16-21(22,23)24)27-10-8-19-26-11-13-30(19)14-17-6-4-3-5-7-17/h3-7,11,13,18H,2,8-10,12,14-16H2,1H3,(H2,25,27,28). The lowest BCUT2D eigenvalue weighted by atomic mass is 10.2. The van der Waals surface area contributed by atoms with Crippen molar-refractivity contribution in [1.82, 2.24) is 25.1 Å². The van der Waals surface area contributed by atoms with Gasteiger partial charge in [-0.05, 0) is 18.9 Å². The van der Waals surface area contributed by atoms with Crippen LogP contribution >= 0.6 is 0 Å². The van der Waals surface area contributed by atoms with Crippen LogP contribution in [-0.4, -0.2) is 65.4 Å². The van der Waals surface area contributed by atoms with Crippen molar-refractivity contribution in [3.63, 3.8) is 0 Å². The van der Waals surface area contributed by atoms with E-state index in [1.54, 1.807) is 6.20 Å². The predicted octanol–water partition coefficient (Wildman–Crippen LogP) is 2.67. The maximum atomic E-state index is 12.6. The second kappa shape index (κ2) is 10.5. The number of halogens is 3. The molecule has 0 radical (unpaired) electrons. The normalized spacial score (nSPS) is 18.0. The molecule has 1 aromatic heterocycles. The fourth-order valence-corrected chi connectivity index (χ4v) is 3.62. The molecule has 1 fully saturated rings. The Bertz CT molecular complexity index is 803. The van der Waals surface area contributed by atoms with E-state index < -0.39 is 12.7 Å². The van der Waals surface area contributed by atoms with E-state index in [1.807, 2.05) is 31.3 Å². The number of hydrogen-bond donors (Lipinski definition) is 2. The van der Waals surface area contributed by atoms with Crippen molar-refractivity contribution >= 4 is 5.96 Å². The van der Waals surface area contributed by atoms with Crippen LogP contribution in [0.3, 0.4) is 0 Å². The first-order valence-electron chi connectivity index (χ1n) is 10.3. The summed E-state index contributed by atoms with van der Waals surface area (Å²) >= 11 is 0. The van der Waals surface area contributed by atoms with Gasteiger partial charge in [-0.15, -0.1) is 0 Å². The SMILES string of the molecule is CCNC(=NCCc1nccn1Cc1ccccc1)NC1CCN(CC(F)(F)F)C1. The average molecular weight is 422 g/mol. The van der Waals surface area contributed by atoms with Gasteiger partial charge < -0.3 is 15.2 Å². The molecule has 2 aromatic rings. The summed E-state index contributed by atoms with van der Waals surface area (Å²) in [5.41, 5.74) is 1.21. The lowest BCUT2D eigenvalue weighted by Gasteiger charge is -2.19. The number of nitrogens with zero attached hydrogens (tertiary/aromatic N) is 4. The highest BCUT2D eigenvalue weighted by Gasteiger charge is 2.34. The Kier molecular flexibility index (Phi) is 7.73. The molecule has 0 aliphatic carbocycles. The molecule has 164 valence electrons. The molecule has 9 heteroatoms. The van der Waals surface area contributed by atoms with Crippen LogP contribution in [-0.2, 0) is 13.0 Å². The summed E-state index contributed by atoms with van der Waals surface area (Å²) in [6.07, 6.45) is 0.945. The van der Waals surface area contributed by atoms with E-state index in [2.05, 4.69) is 37.3 Å². The summed E-state index contributed by atoms with van der Waals surface area (Å²) < 4.78 is 39.9. The molecule has 1 unspecified atom stereocenters. The van der Waals surface area contributed by atoms with Gasteiger partial charge in [0.15, 0.2) is 5.96 Å². The molecule has 1 saturated heterocycles. The zero-order chi connectivity index (χ0) is 21.4. The van der Waals surface area contributed by atoms with Gasteiger partial charge in [0.05, 0.1) is 6.54 Å². The summed E-state index contributed by atoms with van der Waals surface area (Å²) in [5, 5.41) is 6.45. The van der Waals surface area contributed by atoms with Gasteiger partial charge in [0, 0.05) is 57.6 Å². The van der Waals surface area contributed by atoms with Gasteiger partial charge in [0.2, 0.25) is 0 Å². The van der Waals surface area contributed by atoms with Crippen LogP contribution in [0, 0.1) is 0 Å². The second-order valence-electron chi connectivity index (χ2n) is 7.45. The molecular formula is C21H29F3N6. The van der Waals surface area contributed by atoms with Crippen molar-refractivity contribution < 1.29 is 13.2 Å². The number of benzene rings is 1. The fourth-order valence-electron chi connectivity index (χ4n) is 3.62. The smallest absolute Gasteiger partial charge is 0.357 e. The Morgan fingerprint density at radius 1 is 1.27 bits per heavy atom. The first kappa shape index (κ1) is 22.1. The summed E-state index contributed by atoms with van der Waals surface area (Å²) in [6.45, 7) is 3.90. The first-order valence-corrected chi connectivity index (χ1v) is 10.3. The number of alkyl halides is 3. The Labute approximate surface area is 175 Å². The van der Waals surface area contributed by atoms with E-state index >= 15 is 0 Å². The van der Waals surface area contributed by atoms with Crippen LogP contribution in [0.4, 0.5) is 13.2 Å². The lowest BCUT2D eigenvalue weighted by molar-refractivity contribution is -0.143. The third-order valence-electron chi connectivity index (χ3n) is 4.96. The third-order valence-corrected chi connectivity index (χ3v) is 4.96. The first-order chi connectivity index (χ1) is 14.4. The van der Waals surface area contributed by atoms with E-state index in [0.29, 0.717) is 45.0 Å². The molecule has 0 saturated carbocycles. The summed E-state index contributed by atoms with van der Waals surface area (Å²) in [6, 6.07) is 10.2. The Morgan fingerprint density at radius 3 is 2.80 bits per heavy atom. The molecule has 6 nitrogen and oxygen atoms in total. The van der Waals surface area contributed by atoms with Crippen molar-refractivity contribution in [3.05, 3.63) is 54.1 Å². The summed E-state index contributed by atoms with van der Waals surface area (Å²) in [7, 11) is 0. The lowest BCUT2D eigenvalue weighted by Crippen LogP contribution is -2.45. The van der Waals surface area contributed by atoms with Crippen molar-refractivity contribution in [2.75, 3.05) is 32.7 Å². The summed E-state index contributed by atoms with van der Waals surface area (Å²) in [4.78, 5) is 10.5. The van der Waals surface area contributed by atoms with Gasteiger partial charge in [-0.2, -0.15) is 13.2 Å². The minimum atomic E-state index is -4.16. The quantitative estimate of drug-likeness (QED) is 0.507. The van der Waals surface area contributed by atoms with E-state index in [4.69, 9.17) is 0 Å². The number of rotatable bonds is 8. The maximum Gasteiger partial charge on any atom is 0.401 e. The molecule has 1 aliphatic heterocycles. The molecule has 2 heterocycles. The predicted molar refractivity (Wildman–Crippen MR) is 111 cm³/mol. The molecule has 3 rings (SSSR count). The highest BCUT2D eigenvalue weighted by atomic mass is 19.4. The largest absolute Gasteiger partial charge is 0.401 e. The number of aliphatic imine (C=N–C) groups is 1. The number of likely N-dealkylation sites (tertiary alicyclic amines) is 1. The minimum absolute atomic E-state index is 0.0368. The Hall–Kier alpha value is -2.55. The van der Waals surface area contributed by atoms with Crippen LogP contribution < -0.4 is 10.6 Å². The second-order valence-corrected chi connectivity index (χ2v) is 7.45. The highest BCUT2D eigenvalue weighted by Crippen LogP contribution is 2.19. The van der Waals surface area contributed by atoms with Gasteiger partial charge in [0.1, 0.15) is 5.82 Å². The molecule has 0 amide bonds. The molecule has 1 atom stereocenters. The molecular weight excluding hydrogens is 393 g/mol. The van der Waals surface area contributed by atoms with Crippen molar-refractivity contribution in [2.24, 2.45) is 4.99 Å². The van der Waals surface area contributed by atoms with E-state index in [1.165, 1.54) is 10.5 Å². The van der Waals surface area contributed by atoms with Gasteiger partial charge >= 0.3 is 6.18 Å². The van der Waals surface area contributed by atoms with Crippen molar-refractivity contribution in [3.8, 4) is 0 Å². The van der Waals surface area contributed by atoms with Gasteiger partial charge in [-0.1, -0.05) is 30.3 Å². The van der Waals surface area contributed by atoms with Gasteiger partial charge in [0.25, 0.3) is 0 Å². The number of guanidine groups is 1. The molecule has 0 bridgehead atoms. The number of hydrogen-bond acceptors (Lipinski definition) is 3. The maximum absolute atomic E-state index is 12.6. The van der Waals surface area contributed by atoms with Gasteiger partial charge in [-0.25, -0.2) is 4.98 Å². The van der Waals surface area contributed by atoms with Crippen LogP contribution in [0.15, 0.2) is 47.7 Å². The van der Waals surface area contributed by atoms with Crippen molar-refractivity contribution in [1.29, 1.82) is 0 Å². The Morgan fingerprint density at radius 2 is 2.07 bits per heavy atom. The minimum Gasteiger partial charge on any atom is -0.357 e. The van der Waals surface area contributed by atoms with Crippen LogP contribution in [0.1, 0.15) is 24.7 Å². The zero-order valence-electron chi connectivity index (χ0n) is 17.2. The number of aromatic nitrogens is 2. The summed E-state index contributed by atoms with van der Waals surface area (Å²) in [5.74, 6) is 1.59. The monoisotopic (exact) mass is 422 g/mol. The third kappa shape index (κ3) is 7.05. The van der Waals surface area contributed by atoms with E-state index in [9.17, 15) is 13.2 Å². The topological polar surface area (TPSA) is 57.5 Å². The number of imidazole rings is 1. The van der Waals surface area contributed by atoms with E-state index in [-0.39, 0.29) is 6.04 Å². The Balaban J connectivity index is 1.52. The zero-order valence-corrected chi connectivity index (χ0v) is 17.2. The fraction of sp³-hybridized carbons (Fsp3) is 0.524.